The summed E-state index contributed by atoms with van der Waals surface area (Å²) in [7, 11) is 3.85. The van der Waals surface area contributed by atoms with Crippen LogP contribution in [0, 0.1) is 18.9 Å². The Morgan fingerprint density at radius 2 is 1.86 bits per heavy atom. The Morgan fingerprint density at radius 1 is 1.29 bits per heavy atom. The van der Waals surface area contributed by atoms with Crippen LogP contribution in [0.15, 0.2) is 0 Å². The number of fused-ring (bicyclic) bond motifs is 1. The molecule has 2 atom stereocenters. The van der Waals surface area contributed by atoms with Gasteiger partial charge in [0.1, 0.15) is 0 Å². The van der Waals surface area contributed by atoms with E-state index in [9.17, 15) is 0 Å². The molecule has 1 nitrogen and oxygen atoms in total. The molecule has 1 heteroatoms. The third kappa shape index (κ3) is 0.480. The van der Waals surface area contributed by atoms with Crippen molar-refractivity contribution in [1.29, 1.82) is 0 Å². The van der Waals surface area contributed by atoms with Crippen LogP contribution in [0.1, 0.15) is 6.42 Å². The number of hydrogen-bond acceptors (Lipinski definition) is 1. The van der Waals surface area contributed by atoms with Crippen LogP contribution in [-0.2, 0) is 0 Å². The number of rotatable bonds is 0. The molecule has 2 rings (SSSR count). The van der Waals surface area contributed by atoms with E-state index >= 15 is 0 Å². The molecule has 1 aliphatic carbocycles. The molecule has 40 valence electrons. The lowest BCUT2D eigenvalue weighted by molar-refractivity contribution is 0.411. The molecule has 7 heavy (non-hydrogen) atoms. The van der Waals surface area contributed by atoms with Crippen molar-refractivity contribution in [1.82, 2.24) is 4.90 Å². The van der Waals surface area contributed by atoms with Gasteiger partial charge in [0.25, 0.3) is 0 Å². The molecule has 2 unspecified atom stereocenters. The molecule has 2 fully saturated rings. The smallest absolute Gasteiger partial charge is 0.0267 e. The first-order chi connectivity index (χ1) is 3.36. The average Bonchev–Trinajstić information content (AvgIpc) is 2.15. The topological polar surface area (TPSA) is 3.24 Å². The van der Waals surface area contributed by atoms with E-state index in [0.717, 1.165) is 11.8 Å². The summed E-state index contributed by atoms with van der Waals surface area (Å²) in [5.41, 5.74) is 0. The zero-order valence-electron chi connectivity index (χ0n) is 4.43. The Morgan fingerprint density at radius 3 is 2.14 bits per heavy atom. The maximum Gasteiger partial charge on any atom is -0.0267 e. The van der Waals surface area contributed by atoms with Gasteiger partial charge in [-0.05, 0) is 31.3 Å². The van der Waals surface area contributed by atoms with Crippen LogP contribution < -0.4 is 0 Å². The first kappa shape index (κ1) is 3.90. The third-order valence-corrected chi connectivity index (χ3v) is 2.05. The molecule has 0 aromatic carbocycles. The highest BCUT2D eigenvalue weighted by molar-refractivity contribution is 4.96. The molecule has 0 aromatic rings. The van der Waals surface area contributed by atoms with Crippen LogP contribution in [0.3, 0.4) is 0 Å². The summed E-state index contributed by atoms with van der Waals surface area (Å²) in [4.78, 5) is 2.18. The molecule has 1 saturated carbocycles. The largest absolute Gasteiger partial charge is 0.459 e. The fraction of sp³-hybridized carbons (Fsp3) is 0.833. The lowest BCUT2D eigenvalue weighted by Crippen LogP contribution is -2.12. The monoisotopic (exact) mass is 96.1 g/mol. The Bertz CT molecular complexity index is 80.2. The summed E-state index contributed by atoms with van der Waals surface area (Å²) in [6, 6.07) is 0. The van der Waals surface area contributed by atoms with Gasteiger partial charge in [-0.25, -0.2) is 0 Å². The minimum Gasteiger partial charge on any atom is -0.459 e. The molecule has 0 bridgehead atoms. The molecule has 0 N–H and O–H groups in total. The van der Waals surface area contributed by atoms with Gasteiger partial charge in [-0.15, -0.1) is 0 Å². The van der Waals surface area contributed by atoms with E-state index in [2.05, 4.69) is 11.9 Å². The molecule has 0 radical (unpaired) electrons. The third-order valence-electron chi connectivity index (χ3n) is 2.05. The Hall–Kier alpha value is -0.0400. The van der Waals surface area contributed by atoms with Crippen molar-refractivity contribution in [2.24, 2.45) is 11.8 Å². The molecular formula is C6H10N-. The summed E-state index contributed by atoms with van der Waals surface area (Å²) in [6.45, 7) is 2.54. The van der Waals surface area contributed by atoms with Gasteiger partial charge in [-0.2, -0.15) is 0 Å². The number of likely N-dealkylation sites (tertiary alicyclic amines) is 1. The first-order valence-electron chi connectivity index (χ1n) is 2.92. The van der Waals surface area contributed by atoms with Crippen molar-refractivity contribution in [3.8, 4) is 0 Å². The molecule has 1 saturated heterocycles. The minimum atomic E-state index is 1.05. The van der Waals surface area contributed by atoms with Crippen LogP contribution in [0.25, 0.3) is 0 Å². The van der Waals surface area contributed by atoms with Crippen LogP contribution in [0.5, 0.6) is 0 Å². The predicted molar refractivity (Wildman–Crippen MR) is 28.5 cm³/mol. The zero-order valence-corrected chi connectivity index (χ0v) is 4.43. The highest BCUT2D eigenvalue weighted by Crippen LogP contribution is 2.44. The van der Waals surface area contributed by atoms with E-state index < -0.39 is 0 Å². The highest BCUT2D eigenvalue weighted by atomic mass is 15.1. The van der Waals surface area contributed by atoms with E-state index in [1.165, 1.54) is 19.5 Å². The van der Waals surface area contributed by atoms with Crippen LogP contribution in [0.2, 0.25) is 0 Å². The van der Waals surface area contributed by atoms with Gasteiger partial charge < -0.3 is 4.90 Å². The summed E-state index contributed by atoms with van der Waals surface area (Å²) in [5, 5.41) is 0. The van der Waals surface area contributed by atoms with Gasteiger partial charge in [0.2, 0.25) is 0 Å². The van der Waals surface area contributed by atoms with E-state index in [1.807, 2.05) is 0 Å². The van der Waals surface area contributed by atoms with E-state index in [1.54, 1.807) is 0 Å². The minimum absolute atomic E-state index is 1.05. The highest BCUT2D eigenvalue weighted by Gasteiger charge is 2.41. The van der Waals surface area contributed by atoms with E-state index in [0.29, 0.717) is 0 Å². The second kappa shape index (κ2) is 1.03. The van der Waals surface area contributed by atoms with Crippen LogP contribution in [-0.4, -0.2) is 18.0 Å². The van der Waals surface area contributed by atoms with Gasteiger partial charge in [-0.3, -0.25) is 7.05 Å². The molecule has 1 heterocycles. The molecule has 0 spiro atoms. The fourth-order valence-corrected chi connectivity index (χ4v) is 1.50. The van der Waals surface area contributed by atoms with Gasteiger partial charge in [0.15, 0.2) is 0 Å². The van der Waals surface area contributed by atoms with Crippen molar-refractivity contribution < 1.29 is 0 Å². The average molecular weight is 96.2 g/mol. The van der Waals surface area contributed by atoms with Crippen molar-refractivity contribution in [2.45, 2.75) is 6.42 Å². The Balaban J connectivity index is 2.02. The fourth-order valence-electron chi connectivity index (χ4n) is 1.50. The first-order valence-corrected chi connectivity index (χ1v) is 2.92. The number of piperidine rings is 1. The maximum absolute atomic E-state index is 3.85. The molecule has 0 aromatic heterocycles. The van der Waals surface area contributed by atoms with E-state index in [4.69, 9.17) is 0 Å². The predicted octanol–water partition coefficient (Wildman–Crippen LogP) is 0.730. The van der Waals surface area contributed by atoms with Crippen molar-refractivity contribution >= 4 is 0 Å². The summed E-state index contributed by atoms with van der Waals surface area (Å²) in [5.74, 6) is 2.11. The standard InChI is InChI=1S/C6H10N/c1-7-3-5-2-6(5)4-7/h5-6H,1-4H2/q-1. The Kier molecular flexibility index (Phi) is 0.571. The molecular weight excluding hydrogens is 86.1 g/mol. The second-order valence-electron chi connectivity index (χ2n) is 2.79. The van der Waals surface area contributed by atoms with Gasteiger partial charge in [0, 0.05) is 0 Å². The lowest BCUT2D eigenvalue weighted by Gasteiger charge is -2.17. The number of nitrogens with zero attached hydrogens (tertiary/aromatic N) is 1. The summed E-state index contributed by atoms with van der Waals surface area (Å²) >= 11 is 0. The molecule has 2 aliphatic rings. The molecule has 0 amide bonds. The Labute approximate surface area is 44.3 Å². The zero-order chi connectivity index (χ0) is 4.85. The normalized spacial score (nSPS) is 49.3. The van der Waals surface area contributed by atoms with Crippen molar-refractivity contribution in [2.75, 3.05) is 13.1 Å². The van der Waals surface area contributed by atoms with Crippen LogP contribution >= 0.6 is 0 Å². The van der Waals surface area contributed by atoms with Crippen LogP contribution in [0.4, 0.5) is 0 Å². The quantitative estimate of drug-likeness (QED) is 0.402. The van der Waals surface area contributed by atoms with Gasteiger partial charge in [0.05, 0.1) is 0 Å². The second-order valence-corrected chi connectivity index (χ2v) is 2.79. The van der Waals surface area contributed by atoms with Gasteiger partial charge in [-0.1, -0.05) is 0 Å². The SMILES string of the molecule is [CH2-]N1CC2CC2C1. The van der Waals surface area contributed by atoms with E-state index in [-0.39, 0.29) is 0 Å². The lowest BCUT2D eigenvalue weighted by atomic mass is 10.4. The summed E-state index contributed by atoms with van der Waals surface area (Å²) < 4.78 is 0. The van der Waals surface area contributed by atoms with Crippen molar-refractivity contribution in [3.63, 3.8) is 0 Å². The maximum atomic E-state index is 3.85. The van der Waals surface area contributed by atoms with Gasteiger partial charge >= 0.3 is 0 Å². The van der Waals surface area contributed by atoms with Crippen molar-refractivity contribution in [3.05, 3.63) is 7.05 Å². The summed E-state index contributed by atoms with van der Waals surface area (Å²) in [6.07, 6.45) is 1.49. The number of hydrogen-bond donors (Lipinski definition) is 0. The molecule has 1 aliphatic heterocycles.